The molecule has 0 aliphatic rings. The van der Waals surface area contributed by atoms with Crippen LogP contribution in [0.2, 0.25) is 0 Å². The Balaban J connectivity index is 2.48. The molecule has 0 amide bonds. The van der Waals surface area contributed by atoms with Gasteiger partial charge in [-0.25, -0.2) is 9.78 Å². The number of thioether (sulfide) groups is 1. The van der Waals surface area contributed by atoms with Gasteiger partial charge < -0.3 is 4.57 Å². The van der Waals surface area contributed by atoms with Crippen molar-refractivity contribution in [1.82, 2.24) is 19.1 Å². The monoisotopic (exact) mass is 338 g/mol. The zero-order valence-corrected chi connectivity index (χ0v) is 15.4. The maximum absolute atomic E-state index is 12.3. The normalized spacial score (nSPS) is 12.0. The van der Waals surface area contributed by atoms with Crippen LogP contribution in [0.15, 0.2) is 14.7 Å². The van der Waals surface area contributed by atoms with E-state index < -0.39 is 5.69 Å². The number of nitrogens with zero attached hydrogens (tertiary/aromatic N) is 3. The van der Waals surface area contributed by atoms with Crippen molar-refractivity contribution in [2.75, 3.05) is 5.75 Å². The predicted octanol–water partition coefficient (Wildman–Crippen LogP) is 2.61. The van der Waals surface area contributed by atoms with Gasteiger partial charge in [-0.2, -0.15) is 0 Å². The number of aromatic nitrogens is 4. The molecule has 0 bridgehead atoms. The van der Waals surface area contributed by atoms with Crippen LogP contribution in [0.3, 0.4) is 0 Å². The summed E-state index contributed by atoms with van der Waals surface area (Å²) in [4.78, 5) is 31.0. The molecule has 0 aliphatic carbocycles. The smallest absolute Gasteiger partial charge is 0.313 e. The maximum atomic E-state index is 12.3. The second-order valence-corrected chi connectivity index (χ2v) is 7.81. The lowest BCUT2D eigenvalue weighted by Crippen LogP contribution is -2.29. The fourth-order valence-corrected chi connectivity index (χ4v) is 3.57. The fraction of sp³-hybridized carbons (Fsp3) is 0.688. The number of nitrogens with one attached hydrogen (secondary N) is 1. The summed E-state index contributed by atoms with van der Waals surface area (Å²) in [5, 5.41) is 0.827. The standard InChI is InChI=1S/C16H26N4O2S/c1-10(2)6-8-20-12-13(19(5)15(22)18-14(12)21)17-16(20)23-9-7-11(3)4/h10-11H,6-9H2,1-5H3,(H,18,21,22). The molecule has 0 saturated carbocycles. The van der Waals surface area contributed by atoms with E-state index in [1.54, 1.807) is 18.8 Å². The van der Waals surface area contributed by atoms with E-state index in [1.807, 2.05) is 4.57 Å². The third-order valence-corrected chi connectivity index (χ3v) is 4.84. The summed E-state index contributed by atoms with van der Waals surface area (Å²) < 4.78 is 3.38. The summed E-state index contributed by atoms with van der Waals surface area (Å²) in [7, 11) is 1.64. The predicted molar refractivity (Wildman–Crippen MR) is 95.2 cm³/mol. The van der Waals surface area contributed by atoms with E-state index in [2.05, 4.69) is 37.7 Å². The summed E-state index contributed by atoms with van der Waals surface area (Å²) in [5.41, 5.74) is 0.194. The van der Waals surface area contributed by atoms with Gasteiger partial charge >= 0.3 is 5.69 Å². The topological polar surface area (TPSA) is 72.7 Å². The molecule has 2 aromatic heterocycles. The highest BCUT2D eigenvalue weighted by Gasteiger charge is 2.17. The molecule has 0 spiro atoms. The number of aryl methyl sites for hydroxylation is 2. The van der Waals surface area contributed by atoms with Gasteiger partial charge in [0.25, 0.3) is 5.56 Å². The highest BCUT2D eigenvalue weighted by atomic mass is 32.2. The first-order valence-electron chi connectivity index (χ1n) is 8.13. The van der Waals surface area contributed by atoms with Crippen LogP contribution in [0.25, 0.3) is 11.2 Å². The van der Waals surface area contributed by atoms with E-state index in [0.717, 1.165) is 30.3 Å². The van der Waals surface area contributed by atoms with Gasteiger partial charge in [-0.3, -0.25) is 14.3 Å². The highest BCUT2D eigenvalue weighted by Crippen LogP contribution is 2.24. The number of aromatic amines is 1. The first-order chi connectivity index (χ1) is 10.8. The van der Waals surface area contributed by atoms with Crippen molar-refractivity contribution >= 4 is 22.9 Å². The molecule has 0 aliphatic heterocycles. The number of hydrogen-bond acceptors (Lipinski definition) is 4. The Morgan fingerprint density at radius 1 is 1.13 bits per heavy atom. The maximum Gasteiger partial charge on any atom is 0.329 e. The minimum Gasteiger partial charge on any atom is -0.313 e. The van der Waals surface area contributed by atoms with Crippen LogP contribution in [0.1, 0.15) is 40.5 Å². The summed E-state index contributed by atoms with van der Waals surface area (Å²) in [5.74, 6) is 2.12. The Labute approximate surface area is 140 Å². The Morgan fingerprint density at radius 2 is 1.78 bits per heavy atom. The van der Waals surface area contributed by atoms with Gasteiger partial charge in [0.05, 0.1) is 0 Å². The van der Waals surface area contributed by atoms with Crippen molar-refractivity contribution < 1.29 is 0 Å². The van der Waals surface area contributed by atoms with Crippen molar-refractivity contribution in [1.29, 1.82) is 0 Å². The van der Waals surface area contributed by atoms with Gasteiger partial charge in [-0.1, -0.05) is 39.5 Å². The molecule has 128 valence electrons. The molecule has 0 fully saturated rings. The first kappa shape index (κ1) is 17.8. The quantitative estimate of drug-likeness (QED) is 0.788. The van der Waals surface area contributed by atoms with Crippen molar-refractivity contribution in [3.05, 3.63) is 20.8 Å². The molecule has 0 atom stereocenters. The molecular weight excluding hydrogens is 312 g/mol. The molecule has 0 saturated heterocycles. The number of hydrogen-bond donors (Lipinski definition) is 1. The lowest BCUT2D eigenvalue weighted by Gasteiger charge is -2.10. The summed E-state index contributed by atoms with van der Waals surface area (Å²) in [6.45, 7) is 9.43. The third-order valence-electron chi connectivity index (χ3n) is 3.83. The average molecular weight is 338 g/mol. The Morgan fingerprint density at radius 3 is 2.39 bits per heavy atom. The zero-order chi connectivity index (χ0) is 17.1. The van der Waals surface area contributed by atoms with E-state index in [1.165, 1.54) is 4.57 Å². The highest BCUT2D eigenvalue weighted by molar-refractivity contribution is 7.99. The van der Waals surface area contributed by atoms with Gasteiger partial charge in [0, 0.05) is 19.3 Å². The van der Waals surface area contributed by atoms with Crippen LogP contribution >= 0.6 is 11.8 Å². The van der Waals surface area contributed by atoms with Crippen LogP contribution in [0, 0.1) is 11.8 Å². The summed E-state index contributed by atoms with van der Waals surface area (Å²) in [6.07, 6.45) is 2.05. The molecule has 7 heteroatoms. The summed E-state index contributed by atoms with van der Waals surface area (Å²) in [6, 6.07) is 0. The van der Waals surface area contributed by atoms with E-state index in [-0.39, 0.29) is 5.56 Å². The number of fused-ring (bicyclic) bond motifs is 1. The Hall–Kier alpha value is -1.50. The number of imidazole rings is 1. The van der Waals surface area contributed by atoms with E-state index in [9.17, 15) is 9.59 Å². The SMILES string of the molecule is CC(C)CCSc1nc2c(c(=O)[nH]c(=O)n2C)n1CCC(C)C. The van der Waals surface area contributed by atoms with Crippen LogP contribution < -0.4 is 11.2 Å². The van der Waals surface area contributed by atoms with Crippen LogP contribution in [0.4, 0.5) is 0 Å². The van der Waals surface area contributed by atoms with Gasteiger partial charge in [0.2, 0.25) is 0 Å². The fourth-order valence-electron chi connectivity index (χ4n) is 2.31. The molecule has 0 aromatic carbocycles. The van der Waals surface area contributed by atoms with Gasteiger partial charge in [0.15, 0.2) is 16.3 Å². The van der Waals surface area contributed by atoms with Crippen molar-refractivity contribution in [3.63, 3.8) is 0 Å². The molecule has 6 nitrogen and oxygen atoms in total. The van der Waals surface area contributed by atoms with Gasteiger partial charge in [-0.05, 0) is 24.7 Å². The first-order valence-corrected chi connectivity index (χ1v) is 9.12. The Bertz CT molecular complexity index is 786. The average Bonchev–Trinajstić information content (AvgIpc) is 2.81. The lowest BCUT2D eigenvalue weighted by molar-refractivity contribution is 0.502. The lowest BCUT2D eigenvalue weighted by atomic mass is 10.1. The minimum atomic E-state index is -0.422. The van der Waals surface area contributed by atoms with E-state index in [4.69, 9.17) is 0 Å². The van der Waals surface area contributed by atoms with Crippen molar-refractivity contribution in [2.24, 2.45) is 18.9 Å². The van der Waals surface area contributed by atoms with Gasteiger partial charge in [0.1, 0.15) is 0 Å². The Kier molecular flexibility index (Phi) is 5.73. The van der Waals surface area contributed by atoms with E-state index >= 15 is 0 Å². The second-order valence-electron chi connectivity index (χ2n) is 6.75. The van der Waals surface area contributed by atoms with Crippen LogP contribution in [-0.2, 0) is 13.6 Å². The molecule has 0 unspecified atom stereocenters. The zero-order valence-electron chi connectivity index (χ0n) is 14.5. The molecule has 2 heterocycles. The molecule has 1 N–H and O–H groups in total. The molecule has 2 aromatic rings. The van der Waals surface area contributed by atoms with Gasteiger partial charge in [-0.15, -0.1) is 0 Å². The largest absolute Gasteiger partial charge is 0.329 e. The van der Waals surface area contributed by atoms with Crippen molar-refractivity contribution in [3.8, 4) is 0 Å². The molecule has 0 radical (unpaired) electrons. The van der Waals surface area contributed by atoms with Crippen molar-refractivity contribution in [2.45, 2.75) is 52.2 Å². The minimum absolute atomic E-state index is 0.352. The molecule has 23 heavy (non-hydrogen) atoms. The molecule has 2 rings (SSSR count). The number of rotatable bonds is 7. The third kappa shape index (κ3) is 4.07. The van der Waals surface area contributed by atoms with E-state index in [0.29, 0.717) is 23.0 Å². The van der Waals surface area contributed by atoms with Crippen LogP contribution in [0.5, 0.6) is 0 Å². The summed E-state index contributed by atoms with van der Waals surface area (Å²) >= 11 is 1.66. The number of H-pyrrole nitrogens is 1. The van der Waals surface area contributed by atoms with Crippen LogP contribution in [-0.4, -0.2) is 24.9 Å². The second kappa shape index (κ2) is 7.38. The molecular formula is C16H26N4O2S.